The molecule has 0 heterocycles. The molecule has 0 aromatic heterocycles. The van der Waals surface area contributed by atoms with Gasteiger partial charge in [0.05, 0.1) is 6.26 Å². The van der Waals surface area contributed by atoms with Gasteiger partial charge in [-0.15, -0.1) is 0 Å². The molecule has 0 saturated heterocycles. The Morgan fingerprint density at radius 1 is 1.29 bits per heavy atom. The second kappa shape index (κ2) is 8.34. The third-order valence-corrected chi connectivity index (χ3v) is 2.25. The Morgan fingerprint density at radius 3 is 2.76 bits per heavy atom. The van der Waals surface area contributed by atoms with Crippen molar-refractivity contribution in [3.63, 3.8) is 0 Å². The summed E-state index contributed by atoms with van der Waals surface area (Å²) in [7, 11) is 0. The van der Waals surface area contributed by atoms with E-state index in [1.807, 2.05) is 24.3 Å². The van der Waals surface area contributed by atoms with Crippen LogP contribution in [0.2, 0.25) is 0 Å². The fourth-order valence-corrected chi connectivity index (χ4v) is 1.42. The van der Waals surface area contributed by atoms with E-state index in [4.69, 9.17) is 4.74 Å². The summed E-state index contributed by atoms with van der Waals surface area (Å²) in [6.07, 6.45) is 9.36. The summed E-state index contributed by atoms with van der Waals surface area (Å²) < 4.78 is 4.75. The quantitative estimate of drug-likeness (QED) is 0.323. The second-order valence-electron chi connectivity index (χ2n) is 3.69. The molecule has 90 valence electrons. The maximum atomic E-state index is 11.1. The van der Waals surface area contributed by atoms with Gasteiger partial charge >= 0.3 is 5.97 Å². The number of aryl methyl sites for hydroxylation is 1. The topological polar surface area (TPSA) is 26.3 Å². The maximum Gasteiger partial charge on any atom is 0.335 e. The van der Waals surface area contributed by atoms with E-state index in [0.29, 0.717) is 0 Å². The van der Waals surface area contributed by atoms with Crippen LogP contribution in [0.3, 0.4) is 0 Å². The van der Waals surface area contributed by atoms with E-state index in [-0.39, 0.29) is 5.97 Å². The van der Waals surface area contributed by atoms with Gasteiger partial charge in [-0.05, 0) is 31.7 Å². The van der Waals surface area contributed by atoms with E-state index in [9.17, 15) is 4.79 Å². The molecule has 1 aromatic rings. The van der Waals surface area contributed by atoms with E-state index in [2.05, 4.69) is 12.1 Å². The molecule has 0 aliphatic rings. The molecule has 0 bridgehead atoms. The van der Waals surface area contributed by atoms with E-state index >= 15 is 0 Å². The Hall–Kier alpha value is -1.83. The molecular formula is C15H18O2. The number of hydrogen-bond donors (Lipinski definition) is 0. The fourth-order valence-electron chi connectivity index (χ4n) is 1.42. The maximum absolute atomic E-state index is 11.1. The minimum absolute atomic E-state index is 0.317. The lowest BCUT2D eigenvalue weighted by molar-refractivity contribution is -0.132. The van der Waals surface area contributed by atoms with Gasteiger partial charge in [-0.1, -0.05) is 42.5 Å². The Morgan fingerprint density at radius 2 is 2.06 bits per heavy atom. The Labute approximate surface area is 103 Å². The summed E-state index contributed by atoms with van der Waals surface area (Å²) in [5, 5.41) is 0. The highest BCUT2D eigenvalue weighted by atomic mass is 16.5. The first-order valence-corrected chi connectivity index (χ1v) is 5.85. The summed E-state index contributed by atoms with van der Waals surface area (Å²) in [6, 6.07) is 10.3. The Balaban J connectivity index is 2.16. The largest absolute Gasteiger partial charge is 0.432 e. The van der Waals surface area contributed by atoms with Crippen LogP contribution in [0.25, 0.3) is 0 Å². The zero-order valence-corrected chi connectivity index (χ0v) is 10.1. The lowest BCUT2D eigenvalue weighted by Crippen LogP contribution is -1.93. The van der Waals surface area contributed by atoms with Gasteiger partial charge in [-0.2, -0.15) is 0 Å². The monoisotopic (exact) mass is 230 g/mol. The van der Waals surface area contributed by atoms with Crippen molar-refractivity contribution in [1.82, 2.24) is 0 Å². The SMILES string of the molecule is CC=COC(=O)C=CCCCc1ccccc1. The molecule has 0 saturated carbocycles. The van der Waals surface area contributed by atoms with Crippen LogP contribution in [-0.2, 0) is 16.0 Å². The van der Waals surface area contributed by atoms with Gasteiger partial charge in [0.2, 0.25) is 0 Å². The molecule has 0 unspecified atom stereocenters. The molecule has 0 spiro atoms. The number of carbonyl (C=O) groups is 1. The molecule has 1 aromatic carbocycles. The number of benzene rings is 1. The molecule has 2 heteroatoms. The Bertz CT molecular complexity index is 377. The highest BCUT2D eigenvalue weighted by Crippen LogP contribution is 2.04. The van der Waals surface area contributed by atoms with E-state index in [0.717, 1.165) is 19.3 Å². The number of allylic oxidation sites excluding steroid dienone is 2. The summed E-state index contributed by atoms with van der Waals surface area (Å²) in [4.78, 5) is 11.1. The van der Waals surface area contributed by atoms with Crippen molar-refractivity contribution in [1.29, 1.82) is 0 Å². The molecule has 1 rings (SSSR count). The van der Waals surface area contributed by atoms with Crippen LogP contribution < -0.4 is 0 Å². The number of esters is 1. The molecule has 0 aliphatic carbocycles. The average Bonchev–Trinajstić information content (AvgIpc) is 2.37. The van der Waals surface area contributed by atoms with Crippen LogP contribution in [-0.4, -0.2) is 5.97 Å². The van der Waals surface area contributed by atoms with Gasteiger partial charge in [0.1, 0.15) is 0 Å². The number of ether oxygens (including phenoxy) is 1. The number of unbranched alkanes of at least 4 members (excludes halogenated alkanes) is 1. The number of carbonyl (C=O) groups excluding carboxylic acids is 1. The van der Waals surface area contributed by atoms with Crippen LogP contribution >= 0.6 is 0 Å². The second-order valence-corrected chi connectivity index (χ2v) is 3.69. The predicted octanol–water partition coefficient (Wildman–Crippen LogP) is 3.64. The first kappa shape index (κ1) is 13.2. The highest BCUT2D eigenvalue weighted by molar-refractivity contribution is 5.82. The standard InChI is InChI=1S/C15H18O2/c1-2-13-17-15(16)12-8-4-7-11-14-9-5-3-6-10-14/h2-3,5-6,8-10,12-13H,4,7,11H2,1H3. The van der Waals surface area contributed by atoms with Crippen molar-refractivity contribution in [3.05, 3.63) is 60.4 Å². The summed E-state index contributed by atoms with van der Waals surface area (Å²) in [5.74, 6) is -0.317. The molecule has 0 N–H and O–H groups in total. The van der Waals surface area contributed by atoms with Crippen LogP contribution in [0.15, 0.2) is 54.8 Å². The lowest BCUT2D eigenvalue weighted by Gasteiger charge is -1.97. The van der Waals surface area contributed by atoms with Gasteiger partial charge in [0.15, 0.2) is 0 Å². The molecule has 17 heavy (non-hydrogen) atoms. The Kier molecular flexibility index (Phi) is 6.49. The van der Waals surface area contributed by atoms with Crippen molar-refractivity contribution in [2.45, 2.75) is 26.2 Å². The third-order valence-electron chi connectivity index (χ3n) is 2.25. The van der Waals surface area contributed by atoms with Gasteiger partial charge in [0.25, 0.3) is 0 Å². The van der Waals surface area contributed by atoms with E-state index in [1.54, 1.807) is 13.0 Å². The van der Waals surface area contributed by atoms with Gasteiger partial charge in [-0.3, -0.25) is 0 Å². The smallest absolute Gasteiger partial charge is 0.335 e. The predicted molar refractivity (Wildman–Crippen MR) is 69.4 cm³/mol. The molecule has 2 nitrogen and oxygen atoms in total. The van der Waals surface area contributed by atoms with Crippen molar-refractivity contribution in [2.75, 3.05) is 0 Å². The molecule has 0 amide bonds. The van der Waals surface area contributed by atoms with Crippen molar-refractivity contribution in [3.8, 4) is 0 Å². The van der Waals surface area contributed by atoms with Crippen LogP contribution in [0, 0.1) is 0 Å². The first-order valence-electron chi connectivity index (χ1n) is 5.85. The molecule has 0 aliphatic heterocycles. The van der Waals surface area contributed by atoms with Crippen LogP contribution in [0.4, 0.5) is 0 Å². The summed E-state index contributed by atoms with van der Waals surface area (Å²) in [6.45, 7) is 1.80. The minimum Gasteiger partial charge on any atom is -0.432 e. The summed E-state index contributed by atoms with van der Waals surface area (Å²) >= 11 is 0. The van der Waals surface area contributed by atoms with E-state index < -0.39 is 0 Å². The normalized spacial score (nSPS) is 11.1. The van der Waals surface area contributed by atoms with Gasteiger partial charge < -0.3 is 4.74 Å². The molecule has 0 atom stereocenters. The fraction of sp³-hybridized carbons (Fsp3) is 0.267. The first-order chi connectivity index (χ1) is 8.33. The molecule has 0 radical (unpaired) electrons. The van der Waals surface area contributed by atoms with E-state index in [1.165, 1.54) is 17.9 Å². The molecule has 0 fully saturated rings. The number of hydrogen-bond acceptors (Lipinski definition) is 2. The van der Waals surface area contributed by atoms with Crippen molar-refractivity contribution < 1.29 is 9.53 Å². The zero-order valence-electron chi connectivity index (χ0n) is 10.1. The lowest BCUT2D eigenvalue weighted by atomic mass is 10.1. The minimum atomic E-state index is -0.317. The third kappa shape index (κ3) is 6.36. The number of rotatable bonds is 6. The van der Waals surface area contributed by atoms with Gasteiger partial charge in [-0.25, -0.2) is 4.79 Å². The van der Waals surface area contributed by atoms with Gasteiger partial charge in [0, 0.05) is 6.08 Å². The highest BCUT2D eigenvalue weighted by Gasteiger charge is 1.93. The van der Waals surface area contributed by atoms with Crippen LogP contribution in [0.5, 0.6) is 0 Å². The van der Waals surface area contributed by atoms with Crippen molar-refractivity contribution >= 4 is 5.97 Å². The van der Waals surface area contributed by atoms with Crippen LogP contribution in [0.1, 0.15) is 25.3 Å². The molecular weight excluding hydrogens is 212 g/mol. The van der Waals surface area contributed by atoms with Crippen molar-refractivity contribution in [2.24, 2.45) is 0 Å². The zero-order chi connectivity index (χ0) is 12.3. The summed E-state index contributed by atoms with van der Waals surface area (Å²) in [5.41, 5.74) is 1.33. The average molecular weight is 230 g/mol.